The molecule has 1 saturated heterocycles. The number of halogens is 1. The molecular formula is C17H27ClN2. The second-order valence-corrected chi connectivity index (χ2v) is 6.37. The first-order valence-corrected chi connectivity index (χ1v) is 8.27. The van der Waals surface area contributed by atoms with Crippen molar-refractivity contribution in [2.45, 2.75) is 52.1 Å². The second-order valence-electron chi connectivity index (χ2n) is 5.97. The Bertz CT molecular complexity index is 413. The largest absolute Gasteiger partial charge is 0.313 e. The molecule has 1 aromatic rings. The van der Waals surface area contributed by atoms with Gasteiger partial charge in [-0.25, -0.2) is 0 Å². The smallest absolute Gasteiger partial charge is 0.0438 e. The molecule has 0 amide bonds. The minimum Gasteiger partial charge on any atom is -0.313 e. The first-order chi connectivity index (χ1) is 9.69. The van der Waals surface area contributed by atoms with Gasteiger partial charge in [-0.1, -0.05) is 37.1 Å². The predicted octanol–water partition coefficient (Wildman–Crippen LogP) is 4.00. The lowest BCUT2D eigenvalue weighted by Gasteiger charge is -2.30. The molecule has 0 bridgehead atoms. The quantitative estimate of drug-likeness (QED) is 0.853. The summed E-state index contributed by atoms with van der Waals surface area (Å²) in [6.07, 6.45) is 5.22. The highest BCUT2D eigenvalue weighted by Gasteiger charge is 2.16. The predicted molar refractivity (Wildman–Crippen MR) is 87.4 cm³/mol. The molecule has 0 spiro atoms. The van der Waals surface area contributed by atoms with E-state index < -0.39 is 0 Å². The van der Waals surface area contributed by atoms with E-state index in [-0.39, 0.29) is 0 Å². The Labute approximate surface area is 128 Å². The van der Waals surface area contributed by atoms with Gasteiger partial charge in [0.05, 0.1) is 0 Å². The Morgan fingerprint density at radius 1 is 1.35 bits per heavy atom. The molecule has 1 fully saturated rings. The summed E-state index contributed by atoms with van der Waals surface area (Å²) in [5.74, 6) is 0. The van der Waals surface area contributed by atoms with Crippen LogP contribution in [0.2, 0.25) is 5.02 Å². The lowest BCUT2D eigenvalue weighted by Crippen LogP contribution is -2.43. The summed E-state index contributed by atoms with van der Waals surface area (Å²) in [5, 5.41) is 4.53. The van der Waals surface area contributed by atoms with Gasteiger partial charge in [-0.05, 0) is 56.5 Å². The number of benzene rings is 1. The average molecular weight is 295 g/mol. The van der Waals surface area contributed by atoms with Crippen molar-refractivity contribution in [3.05, 3.63) is 34.3 Å². The highest BCUT2D eigenvalue weighted by molar-refractivity contribution is 6.31. The molecule has 1 heterocycles. The van der Waals surface area contributed by atoms with Crippen LogP contribution in [0.1, 0.15) is 43.7 Å². The summed E-state index contributed by atoms with van der Waals surface area (Å²) in [6.45, 7) is 8.81. The molecule has 1 N–H and O–H groups in total. The van der Waals surface area contributed by atoms with Crippen LogP contribution in [0.4, 0.5) is 0 Å². The monoisotopic (exact) mass is 294 g/mol. The topological polar surface area (TPSA) is 15.3 Å². The van der Waals surface area contributed by atoms with Crippen molar-refractivity contribution in [2.24, 2.45) is 0 Å². The Hall–Kier alpha value is -0.570. The summed E-state index contributed by atoms with van der Waals surface area (Å²) >= 11 is 6.24. The summed E-state index contributed by atoms with van der Waals surface area (Å²) < 4.78 is 0. The SMILES string of the molecule is CCCN(Cc1ccc(C)c(Cl)c1)CC1CCCCN1. The molecule has 1 aliphatic rings. The van der Waals surface area contributed by atoms with Crippen molar-refractivity contribution < 1.29 is 0 Å². The van der Waals surface area contributed by atoms with Gasteiger partial charge in [0.1, 0.15) is 0 Å². The third kappa shape index (κ3) is 4.76. The fourth-order valence-electron chi connectivity index (χ4n) is 2.94. The van der Waals surface area contributed by atoms with Crippen LogP contribution in [0, 0.1) is 6.92 Å². The number of piperidine rings is 1. The third-order valence-electron chi connectivity index (χ3n) is 4.07. The maximum Gasteiger partial charge on any atom is 0.0438 e. The molecule has 0 aromatic heterocycles. The first-order valence-electron chi connectivity index (χ1n) is 7.90. The molecule has 1 atom stereocenters. The van der Waals surface area contributed by atoms with Crippen molar-refractivity contribution >= 4 is 11.6 Å². The van der Waals surface area contributed by atoms with Gasteiger partial charge in [-0.2, -0.15) is 0 Å². The highest BCUT2D eigenvalue weighted by Crippen LogP contribution is 2.18. The van der Waals surface area contributed by atoms with E-state index in [4.69, 9.17) is 11.6 Å². The van der Waals surface area contributed by atoms with Crippen LogP contribution in [0.3, 0.4) is 0 Å². The standard InChI is InChI=1S/C17H27ClN2/c1-3-10-20(13-16-6-4-5-9-19-16)12-15-8-7-14(2)17(18)11-15/h7-8,11,16,19H,3-6,9-10,12-13H2,1-2H3. The number of nitrogens with zero attached hydrogens (tertiary/aromatic N) is 1. The van der Waals surface area contributed by atoms with Crippen molar-refractivity contribution in [1.29, 1.82) is 0 Å². The molecule has 20 heavy (non-hydrogen) atoms. The van der Waals surface area contributed by atoms with Gasteiger partial charge >= 0.3 is 0 Å². The van der Waals surface area contributed by atoms with Gasteiger partial charge < -0.3 is 5.32 Å². The molecule has 2 nitrogen and oxygen atoms in total. The van der Waals surface area contributed by atoms with Crippen molar-refractivity contribution in [3.63, 3.8) is 0 Å². The molecule has 112 valence electrons. The zero-order valence-corrected chi connectivity index (χ0v) is 13.5. The van der Waals surface area contributed by atoms with Crippen molar-refractivity contribution in [2.75, 3.05) is 19.6 Å². The van der Waals surface area contributed by atoms with Crippen LogP contribution >= 0.6 is 11.6 Å². The van der Waals surface area contributed by atoms with Crippen LogP contribution in [-0.4, -0.2) is 30.6 Å². The van der Waals surface area contributed by atoms with Crippen LogP contribution in [0.15, 0.2) is 18.2 Å². The van der Waals surface area contributed by atoms with Gasteiger partial charge in [0.25, 0.3) is 0 Å². The van der Waals surface area contributed by atoms with Crippen molar-refractivity contribution in [3.8, 4) is 0 Å². The van der Waals surface area contributed by atoms with Crippen LogP contribution in [0.25, 0.3) is 0 Å². The third-order valence-corrected chi connectivity index (χ3v) is 4.48. The normalized spacial score (nSPS) is 19.5. The van der Waals surface area contributed by atoms with E-state index in [1.54, 1.807) is 0 Å². The molecule has 0 radical (unpaired) electrons. The lowest BCUT2D eigenvalue weighted by molar-refractivity contribution is 0.217. The summed E-state index contributed by atoms with van der Waals surface area (Å²) in [6, 6.07) is 7.11. The number of hydrogen-bond acceptors (Lipinski definition) is 2. The molecule has 1 unspecified atom stereocenters. The molecular weight excluding hydrogens is 268 g/mol. The number of nitrogens with one attached hydrogen (secondary N) is 1. The van der Waals surface area contributed by atoms with Gasteiger partial charge in [0.15, 0.2) is 0 Å². The van der Waals surface area contributed by atoms with Crippen LogP contribution < -0.4 is 5.32 Å². The molecule has 0 aliphatic carbocycles. The Morgan fingerprint density at radius 2 is 2.20 bits per heavy atom. The van der Waals surface area contributed by atoms with Crippen LogP contribution in [0.5, 0.6) is 0 Å². The van der Waals surface area contributed by atoms with Crippen molar-refractivity contribution in [1.82, 2.24) is 10.2 Å². The Balaban J connectivity index is 1.94. The molecule has 0 saturated carbocycles. The average Bonchev–Trinajstić information content (AvgIpc) is 2.44. The van der Waals surface area contributed by atoms with Gasteiger partial charge in [-0.3, -0.25) is 4.90 Å². The number of aryl methyl sites for hydroxylation is 1. The van der Waals surface area contributed by atoms with E-state index in [0.29, 0.717) is 6.04 Å². The summed E-state index contributed by atoms with van der Waals surface area (Å²) in [5.41, 5.74) is 2.48. The number of rotatable bonds is 6. The Morgan fingerprint density at radius 3 is 2.85 bits per heavy atom. The summed E-state index contributed by atoms with van der Waals surface area (Å²) in [4.78, 5) is 2.56. The van der Waals surface area contributed by atoms with Gasteiger partial charge in [0, 0.05) is 24.2 Å². The van der Waals surface area contributed by atoms with E-state index >= 15 is 0 Å². The highest BCUT2D eigenvalue weighted by atomic mass is 35.5. The maximum absolute atomic E-state index is 6.24. The second kappa shape index (κ2) is 8.02. The minimum atomic E-state index is 0.663. The fraction of sp³-hybridized carbons (Fsp3) is 0.647. The first kappa shape index (κ1) is 15.8. The van der Waals surface area contributed by atoms with Gasteiger partial charge in [0.2, 0.25) is 0 Å². The molecule has 1 aliphatic heterocycles. The fourth-order valence-corrected chi connectivity index (χ4v) is 3.14. The number of hydrogen-bond donors (Lipinski definition) is 1. The van der Waals surface area contributed by atoms with E-state index in [0.717, 1.165) is 30.2 Å². The zero-order chi connectivity index (χ0) is 14.4. The molecule has 3 heteroatoms. The van der Waals surface area contributed by atoms with E-state index in [9.17, 15) is 0 Å². The zero-order valence-electron chi connectivity index (χ0n) is 12.8. The minimum absolute atomic E-state index is 0.663. The van der Waals surface area contributed by atoms with E-state index in [1.165, 1.54) is 37.8 Å². The Kier molecular flexibility index (Phi) is 6.34. The van der Waals surface area contributed by atoms with E-state index in [2.05, 4.69) is 42.3 Å². The maximum atomic E-state index is 6.24. The van der Waals surface area contributed by atoms with Crippen LogP contribution in [-0.2, 0) is 6.54 Å². The van der Waals surface area contributed by atoms with E-state index in [1.807, 2.05) is 0 Å². The molecule has 1 aromatic carbocycles. The summed E-state index contributed by atoms with van der Waals surface area (Å²) in [7, 11) is 0. The van der Waals surface area contributed by atoms with Gasteiger partial charge in [-0.15, -0.1) is 0 Å². The lowest BCUT2D eigenvalue weighted by atomic mass is 10.0. The molecule has 2 rings (SSSR count).